The van der Waals surface area contributed by atoms with Gasteiger partial charge in [-0.25, -0.2) is 0 Å². The fourth-order valence-electron chi connectivity index (χ4n) is 4.54. The van der Waals surface area contributed by atoms with Crippen molar-refractivity contribution >= 4 is 11.8 Å². The summed E-state index contributed by atoms with van der Waals surface area (Å²) in [6, 6.07) is 13.9. The summed E-state index contributed by atoms with van der Waals surface area (Å²) in [5.74, 6) is 0.150. The number of benzene rings is 1. The van der Waals surface area contributed by atoms with Crippen LogP contribution in [0.1, 0.15) is 34.5 Å². The second kappa shape index (κ2) is 8.34. The van der Waals surface area contributed by atoms with Crippen molar-refractivity contribution in [2.75, 3.05) is 19.6 Å². The molecule has 2 aliphatic rings. The molecule has 3 aromatic rings. The molecule has 2 aliphatic heterocycles. The van der Waals surface area contributed by atoms with E-state index >= 15 is 0 Å². The van der Waals surface area contributed by atoms with Crippen molar-refractivity contribution in [3.8, 4) is 11.3 Å². The van der Waals surface area contributed by atoms with Crippen LogP contribution in [0, 0.1) is 5.92 Å². The Morgan fingerprint density at radius 3 is 2.45 bits per heavy atom. The van der Waals surface area contributed by atoms with Gasteiger partial charge in [-0.1, -0.05) is 24.3 Å². The number of hydrogen-bond acceptors (Lipinski definition) is 4. The van der Waals surface area contributed by atoms with Gasteiger partial charge in [0.05, 0.1) is 5.69 Å². The van der Waals surface area contributed by atoms with Crippen molar-refractivity contribution in [2.24, 2.45) is 5.92 Å². The molecule has 0 unspecified atom stereocenters. The summed E-state index contributed by atoms with van der Waals surface area (Å²) in [5.41, 5.74) is 4.71. The van der Waals surface area contributed by atoms with Crippen molar-refractivity contribution in [1.29, 1.82) is 0 Å². The van der Waals surface area contributed by atoms with Gasteiger partial charge in [0.1, 0.15) is 5.69 Å². The van der Waals surface area contributed by atoms with Gasteiger partial charge in [-0.2, -0.15) is 5.10 Å². The number of amides is 2. The van der Waals surface area contributed by atoms with Crippen molar-refractivity contribution in [3.05, 3.63) is 71.7 Å². The highest BCUT2D eigenvalue weighted by atomic mass is 16.2. The van der Waals surface area contributed by atoms with Crippen molar-refractivity contribution in [2.45, 2.75) is 25.8 Å². The summed E-state index contributed by atoms with van der Waals surface area (Å²) in [4.78, 5) is 33.8. The average Bonchev–Trinajstić information content (AvgIpc) is 3.34. The minimum atomic E-state index is -0.0643. The van der Waals surface area contributed by atoms with Gasteiger partial charge in [0.25, 0.3) is 5.91 Å². The molecule has 2 aromatic heterocycles. The first-order chi connectivity index (χ1) is 15.2. The van der Waals surface area contributed by atoms with Gasteiger partial charge in [-0.05, 0) is 48.6 Å². The Labute approximate surface area is 181 Å². The third-order valence-electron chi connectivity index (χ3n) is 6.36. The molecule has 31 heavy (non-hydrogen) atoms. The van der Waals surface area contributed by atoms with Gasteiger partial charge in [0, 0.05) is 50.1 Å². The molecule has 0 saturated carbocycles. The molecule has 0 bridgehead atoms. The van der Waals surface area contributed by atoms with E-state index in [9.17, 15) is 9.59 Å². The van der Waals surface area contributed by atoms with E-state index in [1.54, 1.807) is 18.5 Å². The highest BCUT2D eigenvalue weighted by Gasteiger charge is 2.32. The first-order valence-corrected chi connectivity index (χ1v) is 10.8. The van der Waals surface area contributed by atoms with Crippen molar-refractivity contribution in [1.82, 2.24) is 25.0 Å². The lowest BCUT2D eigenvalue weighted by Gasteiger charge is -2.36. The second-order valence-corrected chi connectivity index (χ2v) is 8.25. The molecular formula is C24H25N5O2. The molecule has 1 saturated heterocycles. The van der Waals surface area contributed by atoms with Crippen LogP contribution in [0.4, 0.5) is 0 Å². The highest BCUT2D eigenvalue weighted by molar-refractivity contribution is 5.93. The largest absolute Gasteiger partial charge is 0.338 e. The maximum absolute atomic E-state index is 13.1. The van der Waals surface area contributed by atoms with Crippen LogP contribution in [0.2, 0.25) is 0 Å². The number of pyridine rings is 1. The SMILES string of the molecule is O=C(c1cc(-c2ccncc2)n[nH]1)N1CCC(C(=O)N2CCc3ccccc3C2)CC1. The molecule has 0 aliphatic carbocycles. The number of rotatable bonds is 3. The van der Waals surface area contributed by atoms with E-state index in [2.05, 4.69) is 33.4 Å². The number of nitrogens with zero attached hydrogens (tertiary/aromatic N) is 4. The Morgan fingerprint density at radius 1 is 0.935 bits per heavy atom. The number of piperidine rings is 1. The van der Waals surface area contributed by atoms with Gasteiger partial charge < -0.3 is 9.80 Å². The van der Waals surface area contributed by atoms with Gasteiger partial charge in [-0.15, -0.1) is 0 Å². The molecule has 1 fully saturated rings. The standard InChI is InChI=1S/C24H25N5O2/c30-23(29-14-7-17-3-1-2-4-20(17)16-29)19-8-12-28(13-9-19)24(31)22-15-21(26-27-22)18-5-10-25-11-6-18/h1-6,10-11,15,19H,7-9,12-14,16H2,(H,26,27). The maximum Gasteiger partial charge on any atom is 0.271 e. The molecule has 7 nitrogen and oxygen atoms in total. The molecule has 1 aromatic carbocycles. The third kappa shape index (κ3) is 3.95. The fraction of sp³-hybridized carbons (Fsp3) is 0.333. The quantitative estimate of drug-likeness (QED) is 0.713. The van der Waals surface area contributed by atoms with E-state index in [4.69, 9.17) is 0 Å². The van der Waals surface area contributed by atoms with E-state index in [0.717, 1.165) is 24.2 Å². The van der Waals surface area contributed by atoms with Crippen LogP contribution in [0.15, 0.2) is 54.9 Å². The molecule has 5 rings (SSSR count). The van der Waals surface area contributed by atoms with Crippen molar-refractivity contribution in [3.63, 3.8) is 0 Å². The number of hydrogen-bond donors (Lipinski definition) is 1. The van der Waals surface area contributed by atoms with Crippen LogP contribution in [-0.4, -0.2) is 56.4 Å². The minimum absolute atomic E-state index is 0.0107. The van der Waals surface area contributed by atoms with E-state index in [-0.39, 0.29) is 17.7 Å². The Kier molecular flexibility index (Phi) is 5.24. The maximum atomic E-state index is 13.1. The number of aromatic amines is 1. The average molecular weight is 415 g/mol. The highest BCUT2D eigenvalue weighted by Crippen LogP contribution is 2.25. The van der Waals surface area contributed by atoms with Gasteiger partial charge >= 0.3 is 0 Å². The van der Waals surface area contributed by atoms with Crippen LogP contribution >= 0.6 is 0 Å². The minimum Gasteiger partial charge on any atom is -0.338 e. The summed E-state index contributed by atoms with van der Waals surface area (Å²) in [7, 11) is 0. The summed E-state index contributed by atoms with van der Waals surface area (Å²) in [6.07, 6.45) is 5.73. The molecule has 158 valence electrons. The summed E-state index contributed by atoms with van der Waals surface area (Å²) in [6.45, 7) is 2.65. The summed E-state index contributed by atoms with van der Waals surface area (Å²) in [5, 5.41) is 7.12. The summed E-state index contributed by atoms with van der Waals surface area (Å²) < 4.78 is 0. The molecule has 2 amide bonds. The molecule has 7 heteroatoms. The lowest BCUT2D eigenvalue weighted by Crippen LogP contribution is -2.45. The molecule has 0 atom stereocenters. The van der Waals surface area contributed by atoms with E-state index in [0.29, 0.717) is 38.2 Å². The van der Waals surface area contributed by atoms with E-state index in [1.165, 1.54) is 11.1 Å². The van der Waals surface area contributed by atoms with E-state index in [1.807, 2.05) is 28.0 Å². The zero-order valence-electron chi connectivity index (χ0n) is 17.3. The smallest absolute Gasteiger partial charge is 0.271 e. The number of likely N-dealkylation sites (tertiary alicyclic amines) is 1. The number of carbonyl (C=O) groups excluding carboxylic acids is 2. The predicted octanol–water partition coefficient (Wildman–Crippen LogP) is 2.91. The molecular weight excluding hydrogens is 390 g/mol. The van der Waals surface area contributed by atoms with Gasteiger partial charge in [0.15, 0.2) is 0 Å². The number of nitrogens with one attached hydrogen (secondary N) is 1. The molecule has 1 N–H and O–H groups in total. The normalized spacial score (nSPS) is 16.8. The Hall–Kier alpha value is -3.48. The van der Waals surface area contributed by atoms with Gasteiger partial charge in [-0.3, -0.25) is 19.7 Å². The predicted molar refractivity (Wildman–Crippen MR) is 116 cm³/mol. The number of fused-ring (bicyclic) bond motifs is 1. The number of aromatic nitrogens is 3. The van der Waals surface area contributed by atoms with Gasteiger partial charge in [0.2, 0.25) is 5.91 Å². The Bertz CT molecular complexity index is 1090. The lowest BCUT2D eigenvalue weighted by atomic mass is 9.93. The van der Waals surface area contributed by atoms with Crippen LogP contribution in [0.25, 0.3) is 11.3 Å². The fourth-order valence-corrected chi connectivity index (χ4v) is 4.54. The molecule has 0 spiro atoms. The molecule has 0 radical (unpaired) electrons. The van der Waals surface area contributed by atoms with Crippen LogP contribution in [0.3, 0.4) is 0 Å². The Morgan fingerprint density at radius 2 is 1.68 bits per heavy atom. The summed E-state index contributed by atoms with van der Waals surface area (Å²) >= 11 is 0. The zero-order valence-corrected chi connectivity index (χ0v) is 17.3. The first kappa shape index (κ1) is 19.5. The first-order valence-electron chi connectivity index (χ1n) is 10.8. The van der Waals surface area contributed by atoms with Crippen LogP contribution < -0.4 is 0 Å². The Balaban J connectivity index is 1.18. The molecule has 4 heterocycles. The lowest BCUT2D eigenvalue weighted by molar-refractivity contribution is -0.137. The zero-order chi connectivity index (χ0) is 21.2. The monoisotopic (exact) mass is 415 g/mol. The second-order valence-electron chi connectivity index (χ2n) is 8.25. The van der Waals surface area contributed by atoms with Crippen LogP contribution in [0.5, 0.6) is 0 Å². The topological polar surface area (TPSA) is 82.2 Å². The van der Waals surface area contributed by atoms with E-state index < -0.39 is 0 Å². The number of H-pyrrole nitrogens is 1. The number of carbonyl (C=O) groups is 2. The third-order valence-corrected chi connectivity index (χ3v) is 6.36. The van der Waals surface area contributed by atoms with Crippen LogP contribution in [-0.2, 0) is 17.8 Å². The van der Waals surface area contributed by atoms with Crippen molar-refractivity contribution < 1.29 is 9.59 Å².